The third-order valence-electron chi connectivity index (χ3n) is 6.90. The summed E-state index contributed by atoms with van der Waals surface area (Å²) in [6.07, 6.45) is 6.79. The number of amides is 3. The van der Waals surface area contributed by atoms with E-state index in [0.717, 1.165) is 56.4 Å². The molecule has 0 saturated carbocycles. The fourth-order valence-electron chi connectivity index (χ4n) is 4.85. The number of benzene rings is 1. The number of aryl methyl sites for hydroxylation is 1. The molecule has 9 heteroatoms. The van der Waals surface area contributed by atoms with Crippen molar-refractivity contribution in [3.63, 3.8) is 0 Å². The van der Waals surface area contributed by atoms with Crippen LogP contribution in [0.3, 0.4) is 0 Å². The molecule has 2 fully saturated rings. The molecule has 2 aliphatic heterocycles. The Morgan fingerprint density at radius 1 is 1.22 bits per heavy atom. The Morgan fingerprint density at radius 2 is 2.03 bits per heavy atom. The van der Waals surface area contributed by atoms with E-state index in [4.69, 9.17) is 4.74 Å². The maximum atomic E-state index is 12.7. The average Bonchev–Trinajstić information content (AvgIpc) is 3.63. The summed E-state index contributed by atoms with van der Waals surface area (Å²) in [5, 5.41) is 13.9. The summed E-state index contributed by atoms with van der Waals surface area (Å²) in [5.74, 6) is 5.99. The molecule has 0 radical (unpaired) electrons. The van der Waals surface area contributed by atoms with Crippen molar-refractivity contribution in [3.8, 4) is 11.8 Å². The largest absolute Gasteiger partial charge is 0.374 e. The first kappa shape index (κ1) is 25.7. The fourth-order valence-corrected chi connectivity index (χ4v) is 4.85. The molecule has 1 aromatic carbocycles. The topological polar surface area (TPSA) is 101 Å². The molecule has 3 amide bonds. The van der Waals surface area contributed by atoms with E-state index in [1.165, 1.54) is 0 Å². The van der Waals surface area contributed by atoms with Gasteiger partial charge in [0.15, 0.2) is 5.69 Å². The van der Waals surface area contributed by atoms with Gasteiger partial charge in [-0.2, -0.15) is 0 Å². The first-order chi connectivity index (χ1) is 17.4. The highest BCUT2D eigenvalue weighted by molar-refractivity contribution is 5.89. The van der Waals surface area contributed by atoms with Crippen LogP contribution in [0.1, 0.15) is 63.3 Å². The number of nitrogens with one attached hydrogen (secondary N) is 2. The molecule has 0 unspecified atom stereocenters. The Kier molecular flexibility index (Phi) is 8.60. The van der Waals surface area contributed by atoms with Crippen molar-refractivity contribution in [1.82, 2.24) is 25.2 Å². The average molecular weight is 493 g/mol. The lowest BCUT2D eigenvalue weighted by Crippen LogP contribution is -2.38. The van der Waals surface area contributed by atoms with Gasteiger partial charge in [-0.1, -0.05) is 30.2 Å². The number of hydrogen-bond acceptors (Lipinski definition) is 5. The van der Waals surface area contributed by atoms with Crippen LogP contribution in [-0.4, -0.2) is 63.7 Å². The number of carbonyl (C=O) groups is 2. The number of ether oxygens (including phenoxy) is 1. The number of anilines is 1. The molecule has 36 heavy (non-hydrogen) atoms. The van der Waals surface area contributed by atoms with E-state index >= 15 is 0 Å². The lowest BCUT2D eigenvalue weighted by Gasteiger charge is -2.25. The monoisotopic (exact) mass is 492 g/mol. The maximum absolute atomic E-state index is 12.7. The van der Waals surface area contributed by atoms with Gasteiger partial charge in [-0.15, -0.1) is 5.10 Å². The second-order valence-corrected chi connectivity index (χ2v) is 9.84. The van der Waals surface area contributed by atoms with Gasteiger partial charge in [-0.3, -0.25) is 4.79 Å². The van der Waals surface area contributed by atoms with E-state index in [1.54, 1.807) is 4.68 Å². The van der Waals surface area contributed by atoms with Gasteiger partial charge >= 0.3 is 6.03 Å². The Morgan fingerprint density at radius 3 is 2.81 bits per heavy atom. The molecule has 0 aliphatic carbocycles. The third kappa shape index (κ3) is 6.85. The van der Waals surface area contributed by atoms with Crippen LogP contribution in [-0.2, 0) is 9.53 Å². The van der Waals surface area contributed by atoms with Crippen LogP contribution in [0.4, 0.5) is 10.5 Å². The van der Waals surface area contributed by atoms with E-state index < -0.39 is 0 Å². The van der Waals surface area contributed by atoms with E-state index in [1.807, 2.05) is 49.2 Å². The number of aromatic nitrogens is 3. The zero-order valence-corrected chi connectivity index (χ0v) is 21.4. The van der Waals surface area contributed by atoms with Crippen molar-refractivity contribution >= 4 is 17.6 Å². The lowest BCUT2D eigenvalue weighted by molar-refractivity contribution is -0.138. The number of hydrogen-bond donors (Lipinski definition) is 2. The lowest BCUT2D eigenvalue weighted by atomic mass is 9.99. The van der Waals surface area contributed by atoms with Crippen molar-refractivity contribution in [2.75, 3.05) is 25.0 Å². The predicted octanol–water partition coefficient (Wildman–Crippen LogP) is 3.52. The first-order valence-corrected chi connectivity index (χ1v) is 12.9. The van der Waals surface area contributed by atoms with E-state index in [9.17, 15) is 9.59 Å². The molecule has 4 rings (SSSR count). The van der Waals surface area contributed by atoms with Crippen LogP contribution in [0.15, 0.2) is 30.5 Å². The molecule has 0 spiro atoms. The molecular weight excluding hydrogens is 456 g/mol. The minimum absolute atomic E-state index is 0.0110. The van der Waals surface area contributed by atoms with Crippen molar-refractivity contribution in [3.05, 3.63) is 41.7 Å². The van der Waals surface area contributed by atoms with Gasteiger partial charge in [0.2, 0.25) is 5.91 Å². The summed E-state index contributed by atoms with van der Waals surface area (Å²) >= 11 is 0. The zero-order valence-electron chi connectivity index (χ0n) is 21.4. The fraction of sp³-hybridized carbons (Fsp3) is 0.556. The summed E-state index contributed by atoms with van der Waals surface area (Å²) in [6.45, 7) is 8.01. The number of carbonyl (C=O) groups excluding carboxylic acids is 2. The summed E-state index contributed by atoms with van der Waals surface area (Å²) in [7, 11) is 0. The molecule has 2 N–H and O–H groups in total. The molecule has 4 atom stereocenters. The van der Waals surface area contributed by atoms with Gasteiger partial charge in [-0.05, 0) is 69.6 Å². The Hall–Kier alpha value is -3.38. The Balaban J connectivity index is 1.20. The highest BCUT2D eigenvalue weighted by Crippen LogP contribution is 2.31. The molecule has 2 saturated heterocycles. The molecule has 192 valence electrons. The van der Waals surface area contributed by atoms with Crippen molar-refractivity contribution in [2.24, 2.45) is 5.92 Å². The third-order valence-corrected chi connectivity index (χ3v) is 6.90. The Labute approximate surface area is 213 Å². The van der Waals surface area contributed by atoms with Crippen LogP contribution in [0.5, 0.6) is 0 Å². The van der Waals surface area contributed by atoms with Crippen LogP contribution in [0.25, 0.3) is 0 Å². The highest BCUT2D eigenvalue weighted by Gasteiger charge is 2.36. The molecule has 2 aromatic rings. The summed E-state index contributed by atoms with van der Waals surface area (Å²) in [5.41, 5.74) is 2.37. The van der Waals surface area contributed by atoms with Gasteiger partial charge in [-0.25, -0.2) is 9.48 Å². The van der Waals surface area contributed by atoms with E-state index in [-0.39, 0.29) is 42.7 Å². The Bertz CT molecular complexity index is 1110. The first-order valence-electron chi connectivity index (χ1n) is 12.9. The normalized spacial score (nSPS) is 20.9. The van der Waals surface area contributed by atoms with Gasteiger partial charge in [0.05, 0.1) is 36.9 Å². The van der Waals surface area contributed by atoms with Crippen LogP contribution in [0, 0.1) is 24.7 Å². The molecule has 3 heterocycles. The molecule has 2 aliphatic rings. The number of likely N-dealkylation sites (tertiary alicyclic amines) is 1. The van der Waals surface area contributed by atoms with Crippen LogP contribution < -0.4 is 10.6 Å². The number of rotatable bonds is 7. The summed E-state index contributed by atoms with van der Waals surface area (Å²) < 4.78 is 8.07. The second-order valence-electron chi connectivity index (χ2n) is 9.84. The van der Waals surface area contributed by atoms with Gasteiger partial charge in [0, 0.05) is 18.8 Å². The van der Waals surface area contributed by atoms with Gasteiger partial charge in [0.1, 0.15) is 0 Å². The molecule has 9 nitrogen and oxygen atoms in total. The molecule has 1 aromatic heterocycles. The van der Waals surface area contributed by atoms with E-state index in [2.05, 4.69) is 39.7 Å². The van der Waals surface area contributed by atoms with Crippen LogP contribution >= 0.6 is 0 Å². The smallest absolute Gasteiger partial charge is 0.319 e. The quantitative estimate of drug-likeness (QED) is 0.576. The van der Waals surface area contributed by atoms with Crippen molar-refractivity contribution in [1.29, 1.82) is 0 Å². The SMILES string of the molecule is Cc1cccc(NC(=O)NCC#Cc2cn([C@H](C)C[C@@H]3CC[C@H]([C@@H](C)C(=O)N4CCCC4)O3)nn2)c1. The standard InChI is InChI=1S/C27H36N6O3/c1-19-8-6-9-22(16-19)29-27(35)28-13-7-10-23-18-33(31-30-23)20(2)17-24-11-12-25(36-24)21(3)26(34)32-14-4-5-15-32/h6,8-9,16,18,20-21,24-25H,4-5,11-15,17H2,1-3H3,(H2,28,29,35)/t20-,21-,24+,25-/m1/s1. The number of nitrogens with zero attached hydrogens (tertiary/aromatic N) is 4. The molecular formula is C27H36N6O3. The van der Waals surface area contributed by atoms with Crippen LogP contribution in [0.2, 0.25) is 0 Å². The number of urea groups is 1. The van der Waals surface area contributed by atoms with Crippen molar-refractivity contribution in [2.45, 2.75) is 71.1 Å². The minimum Gasteiger partial charge on any atom is -0.374 e. The minimum atomic E-state index is -0.307. The predicted molar refractivity (Wildman–Crippen MR) is 137 cm³/mol. The van der Waals surface area contributed by atoms with E-state index in [0.29, 0.717) is 5.69 Å². The second kappa shape index (κ2) is 12.0. The summed E-state index contributed by atoms with van der Waals surface area (Å²) in [6, 6.07) is 7.39. The van der Waals surface area contributed by atoms with Crippen molar-refractivity contribution < 1.29 is 14.3 Å². The van der Waals surface area contributed by atoms with Gasteiger partial charge < -0.3 is 20.3 Å². The zero-order chi connectivity index (χ0) is 25.5. The molecule has 0 bridgehead atoms. The highest BCUT2D eigenvalue weighted by atomic mass is 16.5. The maximum Gasteiger partial charge on any atom is 0.319 e. The summed E-state index contributed by atoms with van der Waals surface area (Å²) in [4.78, 5) is 26.7. The van der Waals surface area contributed by atoms with Gasteiger partial charge in [0.25, 0.3) is 0 Å².